The van der Waals surface area contributed by atoms with Gasteiger partial charge in [0, 0.05) is 12.0 Å². The minimum atomic E-state index is -5.20. The van der Waals surface area contributed by atoms with Gasteiger partial charge in [-0.1, -0.05) is 37.3 Å². The first-order valence-corrected chi connectivity index (χ1v) is 6.28. The van der Waals surface area contributed by atoms with Gasteiger partial charge < -0.3 is 10.5 Å². The molecule has 7 heteroatoms. The van der Waals surface area contributed by atoms with Crippen molar-refractivity contribution in [3.63, 3.8) is 0 Å². The molecule has 0 saturated heterocycles. The first kappa shape index (κ1) is 17.2. The second-order valence-corrected chi connectivity index (χ2v) is 4.79. The average Bonchev–Trinajstić information content (AvgIpc) is 2.38. The van der Waals surface area contributed by atoms with Crippen LogP contribution in [0.3, 0.4) is 0 Å². The van der Waals surface area contributed by atoms with E-state index in [-0.39, 0.29) is 0 Å². The van der Waals surface area contributed by atoms with Gasteiger partial charge in [0.15, 0.2) is 0 Å². The third-order valence-electron chi connectivity index (χ3n) is 3.09. The van der Waals surface area contributed by atoms with E-state index in [4.69, 9.17) is 5.73 Å². The normalized spacial score (nSPS) is 15.9. The van der Waals surface area contributed by atoms with Gasteiger partial charge >= 0.3 is 18.1 Å². The summed E-state index contributed by atoms with van der Waals surface area (Å²) in [5, 5.41) is 0. The number of hydrogen-bond acceptors (Lipinski definition) is 4. The Morgan fingerprint density at radius 3 is 2.10 bits per heavy atom. The van der Waals surface area contributed by atoms with Crippen LogP contribution in [0.15, 0.2) is 30.3 Å². The van der Waals surface area contributed by atoms with Gasteiger partial charge in [0.2, 0.25) is 0 Å². The van der Waals surface area contributed by atoms with Crippen molar-refractivity contribution in [1.29, 1.82) is 0 Å². The van der Waals surface area contributed by atoms with Gasteiger partial charge in [-0.2, -0.15) is 13.2 Å². The van der Waals surface area contributed by atoms with Gasteiger partial charge in [0.25, 0.3) is 0 Å². The zero-order chi connectivity index (χ0) is 16.2. The SMILES string of the molecule is C[C@H](C(=O)OC(=O)C(F)(F)F)C(c1ccccc1)[C@@H](C)N. The smallest absolute Gasteiger partial charge is 0.386 e. The summed E-state index contributed by atoms with van der Waals surface area (Å²) in [6, 6.07) is 8.13. The fourth-order valence-electron chi connectivity index (χ4n) is 2.11. The summed E-state index contributed by atoms with van der Waals surface area (Å²) < 4.78 is 40.2. The Bertz CT molecular complexity index is 500. The number of carbonyl (C=O) groups is 2. The summed E-state index contributed by atoms with van der Waals surface area (Å²) in [7, 11) is 0. The first-order valence-electron chi connectivity index (χ1n) is 6.28. The van der Waals surface area contributed by atoms with Crippen LogP contribution >= 0.6 is 0 Å². The Morgan fingerprint density at radius 2 is 1.67 bits per heavy atom. The van der Waals surface area contributed by atoms with Crippen molar-refractivity contribution in [2.75, 3.05) is 0 Å². The van der Waals surface area contributed by atoms with Crippen molar-refractivity contribution in [3.05, 3.63) is 35.9 Å². The summed E-state index contributed by atoms with van der Waals surface area (Å²) in [4.78, 5) is 22.4. The number of hydrogen-bond donors (Lipinski definition) is 1. The molecule has 1 aromatic carbocycles. The minimum absolute atomic E-state index is 0.504. The highest BCUT2D eigenvalue weighted by atomic mass is 19.4. The molecule has 0 bridgehead atoms. The standard InChI is InChI=1S/C14H16F3NO3/c1-8(12(19)21-13(20)14(15,16)17)11(9(2)18)10-6-4-3-5-7-10/h3-9,11H,18H2,1-2H3/t8-,9+,11?/m0/s1. The van der Waals surface area contributed by atoms with Crippen LogP contribution in [0.25, 0.3) is 0 Å². The van der Waals surface area contributed by atoms with Gasteiger partial charge in [-0.05, 0) is 12.5 Å². The predicted molar refractivity (Wildman–Crippen MR) is 69.2 cm³/mol. The summed E-state index contributed by atoms with van der Waals surface area (Å²) in [5.41, 5.74) is 6.50. The van der Waals surface area contributed by atoms with Crippen LogP contribution in [0.2, 0.25) is 0 Å². The fraction of sp³-hybridized carbons (Fsp3) is 0.429. The van der Waals surface area contributed by atoms with Crippen LogP contribution in [-0.4, -0.2) is 24.2 Å². The molecule has 0 saturated carbocycles. The van der Waals surface area contributed by atoms with E-state index in [1.807, 2.05) is 0 Å². The Hall–Kier alpha value is -1.89. The number of nitrogens with two attached hydrogens (primary N) is 1. The third-order valence-corrected chi connectivity index (χ3v) is 3.09. The van der Waals surface area contributed by atoms with Crippen molar-refractivity contribution in [2.45, 2.75) is 32.0 Å². The Labute approximate surface area is 120 Å². The van der Waals surface area contributed by atoms with Crippen LogP contribution in [0.1, 0.15) is 25.3 Å². The van der Waals surface area contributed by atoms with Crippen molar-refractivity contribution in [3.8, 4) is 0 Å². The molecular formula is C14H16F3NO3. The van der Waals surface area contributed by atoms with Crippen molar-refractivity contribution in [2.24, 2.45) is 11.7 Å². The third kappa shape index (κ3) is 4.56. The molecule has 0 radical (unpaired) electrons. The van der Waals surface area contributed by atoms with Gasteiger partial charge in [-0.25, -0.2) is 4.79 Å². The number of benzene rings is 1. The molecule has 4 nitrogen and oxygen atoms in total. The van der Waals surface area contributed by atoms with Gasteiger partial charge in [-0.3, -0.25) is 4.79 Å². The summed E-state index contributed by atoms with van der Waals surface area (Å²) >= 11 is 0. The fourth-order valence-corrected chi connectivity index (χ4v) is 2.11. The first-order chi connectivity index (χ1) is 9.64. The minimum Gasteiger partial charge on any atom is -0.386 e. The quantitative estimate of drug-likeness (QED) is 0.685. The van der Waals surface area contributed by atoms with Crippen molar-refractivity contribution in [1.82, 2.24) is 0 Å². The number of ether oxygens (including phenoxy) is 1. The van der Waals surface area contributed by atoms with E-state index in [0.717, 1.165) is 0 Å². The maximum Gasteiger partial charge on any atom is 0.491 e. The lowest BCUT2D eigenvalue weighted by Crippen LogP contribution is -2.37. The molecule has 0 spiro atoms. The number of esters is 2. The molecule has 0 fully saturated rings. The van der Waals surface area contributed by atoms with Crippen molar-refractivity contribution >= 4 is 11.9 Å². The molecule has 3 atom stereocenters. The monoisotopic (exact) mass is 303 g/mol. The molecule has 1 rings (SSSR count). The molecule has 116 valence electrons. The maximum atomic E-state index is 12.1. The lowest BCUT2D eigenvalue weighted by Gasteiger charge is -2.26. The lowest BCUT2D eigenvalue weighted by molar-refractivity contribution is -0.203. The van der Waals surface area contributed by atoms with Crippen LogP contribution in [-0.2, 0) is 14.3 Å². The highest BCUT2D eigenvalue weighted by Crippen LogP contribution is 2.29. The highest BCUT2D eigenvalue weighted by molar-refractivity contribution is 5.89. The number of alkyl halides is 3. The van der Waals surface area contributed by atoms with Gasteiger partial charge in [-0.15, -0.1) is 0 Å². The molecule has 0 aromatic heterocycles. The number of carbonyl (C=O) groups excluding carboxylic acids is 2. The molecule has 0 aliphatic heterocycles. The predicted octanol–water partition coefficient (Wildman–Crippen LogP) is 2.39. The second-order valence-electron chi connectivity index (χ2n) is 4.79. The topological polar surface area (TPSA) is 69.4 Å². The van der Waals surface area contributed by atoms with E-state index < -0.39 is 36.0 Å². The van der Waals surface area contributed by atoms with E-state index in [1.165, 1.54) is 6.92 Å². The molecule has 0 aliphatic carbocycles. The van der Waals surface area contributed by atoms with Crippen LogP contribution in [0.4, 0.5) is 13.2 Å². The molecule has 1 aromatic rings. The highest BCUT2D eigenvalue weighted by Gasteiger charge is 2.43. The molecule has 21 heavy (non-hydrogen) atoms. The second kappa shape index (κ2) is 6.71. The zero-order valence-corrected chi connectivity index (χ0v) is 11.6. The largest absolute Gasteiger partial charge is 0.491 e. The molecule has 1 unspecified atom stereocenters. The Balaban J connectivity index is 2.90. The van der Waals surface area contributed by atoms with Gasteiger partial charge in [0.05, 0.1) is 5.92 Å². The van der Waals surface area contributed by atoms with Crippen molar-refractivity contribution < 1.29 is 27.5 Å². The Morgan fingerprint density at radius 1 is 1.14 bits per heavy atom. The molecule has 0 amide bonds. The van der Waals surface area contributed by atoms with E-state index in [1.54, 1.807) is 37.3 Å². The van der Waals surface area contributed by atoms with Crippen LogP contribution < -0.4 is 5.73 Å². The summed E-state index contributed by atoms with van der Waals surface area (Å²) in [5.74, 6) is -5.31. The van der Waals surface area contributed by atoms with E-state index in [0.29, 0.717) is 5.56 Å². The number of rotatable bonds is 4. The van der Waals surface area contributed by atoms with Crippen LogP contribution in [0.5, 0.6) is 0 Å². The Kier molecular flexibility index (Phi) is 5.48. The number of halogens is 3. The zero-order valence-electron chi connectivity index (χ0n) is 11.6. The van der Waals surface area contributed by atoms with E-state index in [2.05, 4.69) is 4.74 Å². The molecule has 0 heterocycles. The lowest BCUT2D eigenvalue weighted by atomic mass is 9.82. The summed E-state index contributed by atoms with van der Waals surface area (Å²) in [6.45, 7) is 3.01. The van der Waals surface area contributed by atoms with Gasteiger partial charge in [0.1, 0.15) is 0 Å². The maximum absolute atomic E-state index is 12.1. The van der Waals surface area contributed by atoms with E-state index in [9.17, 15) is 22.8 Å². The summed E-state index contributed by atoms with van der Waals surface area (Å²) in [6.07, 6.45) is -5.20. The average molecular weight is 303 g/mol. The molecular weight excluding hydrogens is 287 g/mol. The molecule has 2 N–H and O–H groups in total. The van der Waals surface area contributed by atoms with E-state index >= 15 is 0 Å². The molecule has 0 aliphatic rings. The van der Waals surface area contributed by atoms with Crippen LogP contribution in [0, 0.1) is 5.92 Å².